The largest absolute Gasteiger partial charge is 0.481 e. The van der Waals surface area contributed by atoms with Gasteiger partial charge in [0, 0.05) is 6.07 Å². The van der Waals surface area contributed by atoms with Crippen LogP contribution in [-0.4, -0.2) is 27.2 Å². The Bertz CT molecular complexity index is 520. The minimum absolute atomic E-state index is 0.222. The highest BCUT2D eigenvalue weighted by molar-refractivity contribution is 5.94. The fourth-order valence-corrected chi connectivity index (χ4v) is 2.37. The van der Waals surface area contributed by atoms with E-state index in [0.717, 1.165) is 12.8 Å². The number of aromatic nitrogens is 2. The summed E-state index contributed by atoms with van der Waals surface area (Å²) in [5.41, 5.74) is -0.362. The molecule has 1 aromatic rings. The maximum atomic E-state index is 12.1. The van der Waals surface area contributed by atoms with Crippen molar-refractivity contribution in [3.8, 4) is 0 Å². The number of nitrogens with zero attached hydrogens (tertiary/aromatic N) is 1. The molecule has 0 aliphatic heterocycles. The number of carboxylic acids is 1. The predicted octanol–water partition coefficient (Wildman–Crippen LogP) is 0.599. The monoisotopic (exact) mass is 265 g/mol. The van der Waals surface area contributed by atoms with Crippen molar-refractivity contribution in [2.75, 3.05) is 5.32 Å². The van der Waals surface area contributed by atoms with Crippen molar-refractivity contribution in [2.24, 2.45) is 11.8 Å². The molecule has 0 spiro atoms. The number of carbonyl (C=O) groups excluding carboxylic acids is 1. The summed E-state index contributed by atoms with van der Waals surface area (Å²) in [6.45, 7) is 0. The molecule has 0 unspecified atom stereocenters. The van der Waals surface area contributed by atoms with Crippen LogP contribution in [0.15, 0.2) is 16.9 Å². The number of hydrogen-bond donors (Lipinski definition) is 3. The van der Waals surface area contributed by atoms with Gasteiger partial charge in [-0.2, -0.15) is 5.10 Å². The Kier molecular flexibility index (Phi) is 3.94. The summed E-state index contributed by atoms with van der Waals surface area (Å²) in [7, 11) is 0. The molecule has 7 nitrogen and oxygen atoms in total. The van der Waals surface area contributed by atoms with E-state index in [1.807, 2.05) is 0 Å². The molecule has 7 heteroatoms. The smallest absolute Gasteiger partial charge is 0.307 e. The number of hydrogen-bond acceptors (Lipinski definition) is 4. The molecule has 1 amide bonds. The van der Waals surface area contributed by atoms with Crippen LogP contribution < -0.4 is 10.9 Å². The van der Waals surface area contributed by atoms with E-state index in [1.54, 1.807) is 0 Å². The van der Waals surface area contributed by atoms with Gasteiger partial charge >= 0.3 is 5.97 Å². The maximum absolute atomic E-state index is 12.1. The van der Waals surface area contributed by atoms with Crippen LogP contribution in [0.1, 0.15) is 25.7 Å². The number of aliphatic carboxylic acids is 1. The van der Waals surface area contributed by atoms with Crippen LogP contribution in [0.3, 0.4) is 0 Å². The zero-order valence-corrected chi connectivity index (χ0v) is 10.3. The number of amides is 1. The SMILES string of the molecule is O=C(O)[C@H]1CCCC[C@H]1C(=O)Nc1ccc(=O)[nH]n1. The average molecular weight is 265 g/mol. The Morgan fingerprint density at radius 1 is 1.26 bits per heavy atom. The zero-order chi connectivity index (χ0) is 13.8. The fraction of sp³-hybridized carbons (Fsp3) is 0.500. The summed E-state index contributed by atoms with van der Waals surface area (Å²) in [5, 5.41) is 17.5. The van der Waals surface area contributed by atoms with Gasteiger partial charge in [-0.3, -0.25) is 14.4 Å². The number of anilines is 1. The molecule has 1 aliphatic carbocycles. The van der Waals surface area contributed by atoms with Gasteiger partial charge in [-0.1, -0.05) is 12.8 Å². The van der Waals surface area contributed by atoms with Crippen molar-refractivity contribution in [3.63, 3.8) is 0 Å². The molecule has 1 aromatic heterocycles. The van der Waals surface area contributed by atoms with Gasteiger partial charge in [0.1, 0.15) is 0 Å². The molecule has 102 valence electrons. The van der Waals surface area contributed by atoms with Gasteiger partial charge < -0.3 is 10.4 Å². The Morgan fingerprint density at radius 2 is 1.95 bits per heavy atom. The molecule has 19 heavy (non-hydrogen) atoms. The van der Waals surface area contributed by atoms with E-state index in [2.05, 4.69) is 15.5 Å². The molecular formula is C12H15N3O4. The Labute approximate surface area is 109 Å². The molecule has 0 bridgehead atoms. The van der Waals surface area contributed by atoms with Crippen molar-refractivity contribution in [3.05, 3.63) is 22.5 Å². The first-order valence-electron chi connectivity index (χ1n) is 6.17. The second-order valence-corrected chi connectivity index (χ2v) is 4.63. The van der Waals surface area contributed by atoms with Crippen LogP contribution in [0.5, 0.6) is 0 Å². The van der Waals surface area contributed by atoms with Crippen LogP contribution in [0.4, 0.5) is 5.82 Å². The van der Waals surface area contributed by atoms with Crippen molar-refractivity contribution in [1.29, 1.82) is 0 Å². The molecule has 2 atom stereocenters. The number of carbonyl (C=O) groups is 2. The second kappa shape index (κ2) is 5.64. The van der Waals surface area contributed by atoms with Crippen LogP contribution in [0.25, 0.3) is 0 Å². The minimum atomic E-state index is -0.936. The van der Waals surface area contributed by atoms with Gasteiger partial charge in [-0.25, -0.2) is 5.10 Å². The average Bonchev–Trinajstić information content (AvgIpc) is 2.41. The number of aromatic amines is 1. The normalized spacial score (nSPS) is 22.7. The topological polar surface area (TPSA) is 112 Å². The first-order valence-corrected chi connectivity index (χ1v) is 6.17. The lowest BCUT2D eigenvalue weighted by atomic mass is 9.79. The summed E-state index contributed by atoms with van der Waals surface area (Å²) < 4.78 is 0. The summed E-state index contributed by atoms with van der Waals surface area (Å²) >= 11 is 0. The second-order valence-electron chi connectivity index (χ2n) is 4.63. The van der Waals surface area contributed by atoms with Gasteiger partial charge in [0.2, 0.25) is 5.91 Å². The Morgan fingerprint density at radius 3 is 2.53 bits per heavy atom. The Hall–Kier alpha value is -2.18. The van der Waals surface area contributed by atoms with Crippen LogP contribution in [-0.2, 0) is 9.59 Å². The van der Waals surface area contributed by atoms with Gasteiger partial charge in [0.05, 0.1) is 11.8 Å². The van der Waals surface area contributed by atoms with E-state index in [9.17, 15) is 14.4 Å². The van der Waals surface area contributed by atoms with Crippen molar-refractivity contribution >= 4 is 17.7 Å². The van der Waals surface area contributed by atoms with Crippen LogP contribution >= 0.6 is 0 Å². The van der Waals surface area contributed by atoms with Crippen LogP contribution in [0.2, 0.25) is 0 Å². The third kappa shape index (κ3) is 3.18. The predicted molar refractivity (Wildman–Crippen MR) is 66.6 cm³/mol. The van der Waals surface area contributed by atoms with E-state index in [0.29, 0.717) is 12.8 Å². The fourth-order valence-electron chi connectivity index (χ4n) is 2.37. The van der Waals surface area contributed by atoms with Crippen molar-refractivity contribution < 1.29 is 14.7 Å². The van der Waals surface area contributed by atoms with E-state index in [-0.39, 0.29) is 17.3 Å². The van der Waals surface area contributed by atoms with E-state index in [1.165, 1.54) is 12.1 Å². The number of nitrogens with one attached hydrogen (secondary N) is 2. The molecule has 2 rings (SSSR count). The number of rotatable bonds is 3. The Balaban J connectivity index is 2.07. The summed E-state index contributed by atoms with van der Waals surface area (Å²) in [6.07, 6.45) is 2.76. The van der Waals surface area contributed by atoms with E-state index in [4.69, 9.17) is 5.11 Å². The lowest BCUT2D eigenvalue weighted by Crippen LogP contribution is -2.36. The van der Waals surface area contributed by atoms with Gasteiger partial charge in [-0.15, -0.1) is 0 Å². The molecule has 1 aliphatic rings. The highest BCUT2D eigenvalue weighted by Crippen LogP contribution is 2.31. The molecular weight excluding hydrogens is 250 g/mol. The van der Waals surface area contributed by atoms with Gasteiger partial charge in [0.15, 0.2) is 5.82 Å². The summed E-state index contributed by atoms with van der Waals surface area (Å²) in [6, 6.07) is 2.63. The molecule has 1 saturated carbocycles. The van der Waals surface area contributed by atoms with E-state index < -0.39 is 17.8 Å². The zero-order valence-electron chi connectivity index (χ0n) is 10.3. The standard InChI is InChI=1S/C12H15N3O4/c16-10-6-5-9(14-15-10)13-11(17)7-3-1-2-4-8(7)12(18)19/h5-8H,1-4H2,(H,15,16)(H,18,19)(H,13,14,17)/t7-,8+/m1/s1. The summed E-state index contributed by atoms with van der Waals surface area (Å²) in [5.74, 6) is -2.25. The highest BCUT2D eigenvalue weighted by atomic mass is 16.4. The summed E-state index contributed by atoms with van der Waals surface area (Å²) in [4.78, 5) is 34.0. The molecule has 0 saturated heterocycles. The van der Waals surface area contributed by atoms with Gasteiger partial charge in [-0.05, 0) is 18.9 Å². The molecule has 1 heterocycles. The first-order chi connectivity index (χ1) is 9.08. The maximum Gasteiger partial charge on any atom is 0.307 e. The lowest BCUT2D eigenvalue weighted by Gasteiger charge is -2.27. The third-order valence-corrected chi connectivity index (χ3v) is 3.35. The van der Waals surface area contributed by atoms with Crippen molar-refractivity contribution in [2.45, 2.75) is 25.7 Å². The number of H-pyrrole nitrogens is 1. The van der Waals surface area contributed by atoms with Crippen molar-refractivity contribution in [1.82, 2.24) is 10.2 Å². The van der Waals surface area contributed by atoms with Crippen LogP contribution in [0, 0.1) is 11.8 Å². The first kappa shape index (κ1) is 13.3. The third-order valence-electron chi connectivity index (χ3n) is 3.35. The molecule has 0 radical (unpaired) electrons. The lowest BCUT2D eigenvalue weighted by molar-refractivity contribution is -0.147. The van der Waals surface area contributed by atoms with E-state index >= 15 is 0 Å². The molecule has 3 N–H and O–H groups in total. The molecule has 1 fully saturated rings. The van der Waals surface area contributed by atoms with Gasteiger partial charge in [0.25, 0.3) is 5.56 Å². The minimum Gasteiger partial charge on any atom is -0.481 e. The molecule has 0 aromatic carbocycles. The highest BCUT2D eigenvalue weighted by Gasteiger charge is 2.35. The number of carboxylic acid groups (broad SMARTS) is 1. The quantitative estimate of drug-likeness (QED) is 0.740.